The Kier molecular flexibility index (Phi) is 4.07. The van der Waals surface area contributed by atoms with Crippen LogP contribution in [0.3, 0.4) is 0 Å². The molecule has 0 saturated heterocycles. The van der Waals surface area contributed by atoms with Crippen LogP contribution in [0, 0.1) is 0 Å². The van der Waals surface area contributed by atoms with E-state index in [1.165, 1.54) is 7.11 Å². The molecule has 0 bridgehead atoms. The first-order valence-electron chi connectivity index (χ1n) is 3.49. The van der Waals surface area contributed by atoms with Gasteiger partial charge in [0.2, 0.25) is 0 Å². The van der Waals surface area contributed by atoms with E-state index >= 15 is 0 Å². The van der Waals surface area contributed by atoms with Gasteiger partial charge in [0.25, 0.3) is 0 Å². The zero-order valence-electron chi connectivity index (χ0n) is 7.22. The van der Waals surface area contributed by atoms with E-state index in [-0.39, 0.29) is 6.61 Å². The number of carbonyl (C=O) groups excluding carboxylic acids is 1. The summed E-state index contributed by atoms with van der Waals surface area (Å²) in [5.74, 6) is -0.453. The molecule has 0 aliphatic carbocycles. The van der Waals surface area contributed by atoms with Crippen LogP contribution >= 0.6 is 0 Å². The van der Waals surface area contributed by atoms with E-state index in [2.05, 4.69) is 4.74 Å². The number of hydrogen-bond acceptors (Lipinski definition) is 4. The van der Waals surface area contributed by atoms with Crippen molar-refractivity contribution in [2.75, 3.05) is 20.3 Å². The maximum atomic E-state index is 10.9. The van der Waals surface area contributed by atoms with Gasteiger partial charge in [0.05, 0.1) is 13.7 Å². The number of carbonyl (C=O) groups is 1. The zero-order valence-corrected chi connectivity index (χ0v) is 7.22. The molecule has 1 unspecified atom stereocenters. The van der Waals surface area contributed by atoms with Crippen LogP contribution in [0.1, 0.15) is 13.8 Å². The lowest BCUT2D eigenvalue weighted by Crippen LogP contribution is -2.49. The maximum absolute atomic E-state index is 10.9. The number of methoxy groups -OCH3 is 1. The Morgan fingerprint density at radius 3 is 2.55 bits per heavy atom. The summed E-state index contributed by atoms with van der Waals surface area (Å²) in [6.45, 7) is 4.15. The van der Waals surface area contributed by atoms with E-state index in [1.807, 2.05) is 6.92 Å². The van der Waals surface area contributed by atoms with Gasteiger partial charge < -0.3 is 15.2 Å². The standard InChI is InChI=1S/C7H15NO3/c1-4-11-5-7(2,8)6(9)10-3/h4-5,8H2,1-3H3. The van der Waals surface area contributed by atoms with Crippen molar-refractivity contribution in [3.63, 3.8) is 0 Å². The SMILES string of the molecule is CCOCC(C)(N)C(=O)OC. The average molecular weight is 161 g/mol. The van der Waals surface area contributed by atoms with Crippen LogP contribution in [-0.4, -0.2) is 31.8 Å². The summed E-state index contributed by atoms with van der Waals surface area (Å²) in [6, 6.07) is 0. The molecule has 0 rings (SSSR count). The van der Waals surface area contributed by atoms with E-state index in [4.69, 9.17) is 10.5 Å². The molecule has 0 aliphatic rings. The Morgan fingerprint density at radius 2 is 2.18 bits per heavy atom. The third kappa shape index (κ3) is 3.34. The molecule has 0 aromatic carbocycles. The molecular weight excluding hydrogens is 146 g/mol. The van der Waals surface area contributed by atoms with Gasteiger partial charge in [0.15, 0.2) is 0 Å². The molecule has 0 amide bonds. The Morgan fingerprint density at radius 1 is 1.64 bits per heavy atom. The Bertz CT molecular complexity index is 134. The van der Waals surface area contributed by atoms with E-state index < -0.39 is 11.5 Å². The molecule has 1 atom stereocenters. The number of rotatable bonds is 4. The second-order valence-corrected chi connectivity index (χ2v) is 2.55. The first-order chi connectivity index (χ1) is 5.04. The summed E-state index contributed by atoms with van der Waals surface area (Å²) in [4.78, 5) is 10.9. The minimum Gasteiger partial charge on any atom is -0.468 e. The van der Waals surface area contributed by atoms with Crippen LogP contribution in [-0.2, 0) is 14.3 Å². The fourth-order valence-corrected chi connectivity index (χ4v) is 0.606. The van der Waals surface area contributed by atoms with Gasteiger partial charge in [0.1, 0.15) is 5.54 Å². The average Bonchev–Trinajstić information content (AvgIpc) is 1.99. The predicted molar refractivity (Wildman–Crippen MR) is 41.1 cm³/mol. The van der Waals surface area contributed by atoms with Crippen LogP contribution < -0.4 is 5.73 Å². The van der Waals surface area contributed by atoms with Crippen LogP contribution in [0.2, 0.25) is 0 Å². The van der Waals surface area contributed by atoms with Crippen molar-refractivity contribution in [1.82, 2.24) is 0 Å². The molecule has 66 valence electrons. The van der Waals surface area contributed by atoms with Crippen molar-refractivity contribution in [3.05, 3.63) is 0 Å². The van der Waals surface area contributed by atoms with E-state index in [1.54, 1.807) is 6.92 Å². The van der Waals surface area contributed by atoms with E-state index in [0.717, 1.165) is 0 Å². The summed E-state index contributed by atoms with van der Waals surface area (Å²) >= 11 is 0. The highest BCUT2D eigenvalue weighted by Crippen LogP contribution is 2.01. The Labute approximate surface area is 66.7 Å². The van der Waals surface area contributed by atoms with Gasteiger partial charge in [-0.05, 0) is 13.8 Å². The van der Waals surface area contributed by atoms with Gasteiger partial charge >= 0.3 is 5.97 Å². The molecule has 4 heteroatoms. The highest BCUT2D eigenvalue weighted by molar-refractivity contribution is 5.80. The van der Waals surface area contributed by atoms with Crippen LogP contribution in [0.15, 0.2) is 0 Å². The lowest BCUT2D eigenvalue weighted by atomic mass is 10.1. The first-order valence-corrected chi connectivity index (χ1v) is 3.49. The van der Waals surface area contributed by atoms with Gasteiger partial charge in [0, 0.05) is 6.61 Å². The van der Waals surface area contributed by atoms with Gasteiger partial charge in [-0.15, -0.1) is 0 Å². The molecule has 0 fully saturated rings. The molecule has 0 heterocycles. The Hall–Kier alpha value is -0.610. The summed E-state index contributed by atoms with van der Waals surface area (Å²) in [7, 11) is 1.30. The topological polar surface area (TPSA) is 61.5 Å². The highest BCUT2D eigenvalue weighted by Gasteiger charge is 2.29. The van der Waals surface area contributed by atoms with E-state index in [0.29, 0.717) is 6.61 Å². The van der Waals surface area contributed by atoms with Crippen LogP contribution in [0.4, 0.5) is 0 Å². The van der Waals surface area contributed by atoms with Crippen molar-refractivity contribution in [1.29, 1.82) is 0 Å². The molecule has 0 spiro atoms. The van der Waals surface area contributed by atoms with Crippen molar-refractivity contribution in [3.8, 4) is 0 Å². The number of nitrogens with two attached hydrogens (primary N) is 1. The van der Waals surface area contributed by atoms with E-state index in [9.17, 15) is 4.79 Å². The molecule has 2 N–H and O–H groups in total. The smallest absolute Gasteiger partial charge is 0.327 e. The molecule has 0 aromatic rings. The molecule has 0 aliphatic heterocycles. The lowest BCUT2D eigenvalue weighted by Gasteiger charge is -2.20. The number of hydrogen-bond donors (Lipinski definition) is 1. The third-order valence-corrected chi connectivity index (χ3v) is 1.26. The third-order valence-electron chi connectivity index (χ3n) is 1.26. The zero-order chi connectivity index (χ0) is 8.91. The van der Waals surface area contributed by atoms with Gasteiger partial charge in [-0.25, -0.2) is 4.79 Å². The summed E-state index contributed by atoms with van der Waals surface area (Å²) in [5, 5.41) is 0. The number of ether oxygens (including phenoxy) is 2. The largest absolute Gasteiger partial charge is 0.468 e. The number of esters is 1. The predicted octanol–water partition coefficient (Wildman–Crippen LogP) is -0.0867. The molecule has 0 saturated carbocycles. The normalized spacial score (nSPS) is 15.6. The fourth-order valence-electron chi connectivity index (χ4n) is 0.606. The molecule has 11 heavy (non-hydrogen) atoms. The summed E-state index contributed by atoms with van der Waals surface area (Å²) in [6.07, 6.45) is 0. The second kappa shape index (κ2) is 4.31. The molecule has 0 aromatic heterocycles. The van der Waals surface area contributed by atoms with Crippen molar-refractivity contribution in [2.24, 2.45) is 5.73 Å². The molecular formula is C7H15NO3. The second-order valence-electron chi connectivity index (χ2n) is 2.55. The first kappa shape index (κ1) is 10.4. The maximum Gasteiger partial charge on any atom is 0.327 e. The fraction of sp³-hybridized carbons (Fsp3) is 0.857. The quantitative estimate of drug-likeness (QED) is 0.585. The van der Waals surface area contributed by atoms with Gasteiger partial charge in [-0.1, -0.05) is 0 Å². The molecule has 4 nitrogen and oxygen atoms in total. The van der Waals surface area contributed by atoms with Crippen molar-refractivity contribution < 1.29 is 14.3 Å². The van der Waals surface area contributed by atoms with Crippen molar-refractivity contribution in [2.45, 2.75) is 19.4 Å². The highest BCUT2D eigenvalue weighted by atomic mass is 16.5. The van der Waals surface area contributed by atoms with Gasteiger partial charge in [-0.3, -0.25) is 0 Å². The molecule has 0 radical (unpaired) electrons. The summed E-state index contributed by atoms with van der Waals surface area (Å²) < 4.78 is 9.46. The Balaban J connectivity index is 3.88. The lowest BCUT2D eigenvalue weighted by molar-refractivity contribution is -0.148. The minimum atomic E-state index is -1.02. The van der Waals surface area contributed by atoms with Gasteiger partial charge in [-0.2, -0.15) is 0 Å². The minimum absolute atomic E-state index is 0.191. The van der Waals surface area contributed by atoms with Crippen LogP contribution in [0.25, 0.3) is 0 Å². The van der Waals surface area contributed by atoms with Crippen molar-refractivity contribution >= 4 is 5.97 Å². The monoisotopic (exact) mass is 161 g/mol. The van der Waals surface area contributed by atoms with Crippen LogP contribution in [0.5, 0.6) is 0 Å². The summed E-state index contributed by atoms with van der Waals surface area (Å²) in [5.41, 5.74) is 4.53.